The van der Waals surface area contributed by atoms with E-state index in [1.807, 2.05) is 0 Å². The Kier molecular flexibility index (Phi) is 9.88. The number of hydrogen-bond donors (Lipinski definition) is 2. The summed E-state index contributed by atoms with van der Waals surface area (Å²) in [6, 6.07) is 1.26. The zero-order valence-corrected chi connectivity index (χ0v) is 26.1. The van der Waals surface area contributed by atoms with Gasteiger partial charge in [0.2, 0.25) is 0 Å². The van der Waals surface area contributed by atoms with Crippen LogP contribution in [0.25, 0.3) is 0 Å². The first kappa shape index (κ1) is 30.7. The smallest absolute Gasteiger partial charge is 0.329 e. The van der Waals surface area contributed by atoms with E-state index < -0.39 is 5.97 Å². The van der Waals surface area contributed by atoms with Crippen LogP contribution in [0.15, 0.2) is 0 Å². The second-order valence-corrected chi connectivity index (χ2v) is 15.3. The van der Waals surface area contributed by atoms with E-state index in [1.165, 1.54) is 44.9 Å². The van der Waals surface area contributed by atoms with Gasteiger partial charge in [-0.15, -0.1) is 0 Å². The van der Waals surface area contributed by atoms with Crippen LogP contribution in [0.4, 0.5) is 0 Å². The number of methoxy groups -OCH3 is 1. The fourth-order valence-corrected chi connectivity index (χ4v) is 9.20. The average Bonchev–Trinajstić information content (AvgIpc) is 3.68. The summed E-state index contributed by atoms with van der Waals surface area (Å²) in [6.07, 6.45) is 12.9. The molecule has 5 rings (SSSR count). The van der Waals surface area contributed by atoms with Gasteiger partial charge in [0.25, 0.3) is 0 Å². The molecule has 2 aliphatic heterocycles. The minimum Gasteiger partial charge on any atom is -0.480 e. The van der Waals surface area contributed by atoms with Gasteiger partial charge in [0.15, 0.2) is 0 Å². The number of hydrogen-bond acceptors (Lipinski definition) is 6. The molecule has 2 N–H and O–H groups in total. The van der Waals surface area contributed by atoms with Crippen LogP contribution >= 0.6 is 0 Å². The van der Waals surface area contributed by atoms with E-state index >= 15 is 0 Å². The fourth-order valence-electron chi connectivity index (χ4n) is 9.20. The standard InChI is InChI=1S/C33H58N2O5/c1-20-21(2)35(18-23-9-14-28(38-6)29(15-23)39-19-30(36)37)27-13-10-24(16-26(20)27)31-32(40-31)34-17-22-7-11-25(12-8-22)33(3,4)5/h20-29,31-32,34H,7-19H2,1-6H3,(H,36,37). The molecular weight excluding hydrogens is 504 g/mol. The minimum atomic E-state index is -0.904. The lowest BCUT2D eigenvalue weighted by molar-refractivity contribution is -0.151. The van der Waals surface area contributed by atoms with Gasteiger partial charge in [-0.2, -0.15) is 0 Å². The zero-order chi connectivity index (χ0) is 28.6. The number of carboxylic acids is 1. The Labute approximate surface area is 243 Å². The molecule has 10 unspecified atom stereocenters. The summed E-state index contributed by atoms with van der Waals surface area (Å²) >= 11 is 0. The molecule has 7 nitrogen and oxygen atoms in total. The second-order valence-electron chi connectivity index (χ2n) is 15.3. The Bertz CT molecular complexity index is 839. The molecule has 5 aliphatic rings. The van der Waals surface area contributed by atoms with E-state index in [0.29, 0.717) is 41.4 Å². The average molecular weight is 563 g/mol. The minimum absolute atomic E-state index is 0.00678. The molecule has 2 saturated heterocycles. The molecule has 7 heteroatoms. The van der Waals surface area contributed by atoms with Crippen molar-refractivity contribution in [3.63, 3.8) is 0 Å². The molecule has 0 aromatic rings. The molecular formula is C33H58N2O5. The van der Waals surface area contributed by atoms with Crippen molar-refractivity contribution in [1.29, 1.82) is 0 Å². The van der Waals surface area contributed by atoms with Gasteiger partial charge in [-0.1, -0.05) is 27.7 Å². The van der Waals surface area contributed by atoms with Crippen LogP contribution in [-0.2, 0) is 19.0 Å². The first-order valence-electron chi connectivity index (χ1n) is 16.6. The third kappa shape index (κ3) is 7.07. The number of fused-ring (bicyclic) bond motifs is 1. The highest BCUT2D eigenvalue weighted by Crippen LogP contribution is 2.49. The molecule has 0 bridgehead atoms. The summed E-state index contributed by atoms with van der Waals surface area (Å²) in [5.41, 5.74) is 0.453. The Hall–Kier alpha value is -0.730. The van der Waals surface area contributed by atoms with E-state index in [0.717, 1.165) is 50.1 Å². The number of nitrogens with one attached hydrogen (secondary N) is 1. The van der Waals surface area contributed by atoms with Crippen molar-refractivity contribution in [2.24, 2.45) is 40.9 Å². The predicted molar refractivity (Wildman–Crippen MR) is 157 cm³/mol. The first-order valence-corrected chi connectivity index (χ1v) is 16.6. The van der Waals surface area contributed by atoms with Gasteiger partial charge < -0.3 is 19.3 Å². The van der Waals surface area contributed by atoms with Crippen molar-refractivity contribution in [2.75, 3.05) is 26.8 Å². The third-order valence-electron chi connectivity index (χ3n) is 12.0. The number of rotatable bonds is 10. The monoisotopic (exact) mass is 562 g/mol. The molecule has 0 aromatic carbocycles. The maximum atomic E-state index is 11.1. The van der Waals surface area contributed by atoms with Crippen molar-refractivity contribution in [1.82, 2.24) is 10.2 Å². The van der Waals surface area contributed by atoms with Crippen molar-refractivity contribution >= 4 is 5.97 Å². The van der Waals surface area contributed by atoms with Crippen LogP contribution in [0.2, 0.25) is 0 Å². The highest BCUT2D eigenvalue weighted by Gasteiger charge is 2.53. The van der Waals surface area contributed by atoms with Crippen molar-refractivity contribution in [2.45, 2.75) is 135 Å². The molecule has 0 spiro atoms. The van der Waals surface area contributed by atoms with Gasteiger partial charge in [0, 0.05) is 32.3 Å². The summed E-state index contributed by atoms with van der Waals surface area (Å²) in [7, 11) is 1.72. The summed E-state index contributed by atoms with van der Waals surface area (Å²) in [6.45, 7) is 14.1. The highest BCUT2D eigenvalue weighted by molar-refractivity contribution is 5.68. The van der Waals surface area contributed by atoms with Crippen LogP contribution in [0, 0.1) is 40.9 Å². The number of carboxylic acid groups (broad SMARTS) is 1. The normalized spacial score (nSPS) is 44.4. The first-order chi connectivity index (χ1) is 19.0. The fraction of sp³-hybridized carbons (Fsp3) is 0.970. The van der Waals surface area contributed by atoms with Crippen molar-refractivity contribution in [3.8, 4) is 0 Å². The van der Waals surface area contributed by atoms with E-state index in [4.69, 9.17) is 19.3 Å². The lowest BCUT2D eigenvalue weighted by Crippen LogP contribution is -2.46. The summed E-state index contributed by atoms with van der Waals surface area (Å²) in [5.74, 6) is 3.47. The highest BCUT2D eigenvalue weighted by atomic mass is 16.6. The van der Waals surface area contributed by atoms with Crippen LogP contribution in [0.1, 0.15) is 98.8 Å². The van der Waals surface area contributed by atoms with E-state index in [1.54, 1.807) is 7.11 Å². The molecule has 0 amide bonds. The quantitative estimate of drug-likeness (QED) is 0.337. The lowest BCUT2D eigenvalue weighted by atomic mass is 9.70. The molecule has 0 aromatic heterocycles. The van der Waals surface area contributed by atoms with Crippen LogP contribution in [0.5, 0.6) is 0 Å². The van der Waals surface area contributed by atoms with Gasteiger partial charge >= 0.3 is 5.97 Å². The van der Waals surface area contributed by atoms with Gasteiger partial charge in [-0.05, 0) is 112 Å². The van der Waals surface area contributed by atoms with E-state index in [9.17, 15) is 4.79 Å². The van der Waals surface area contributed by atoms with E-state index in [2.05, 4.69) is 44.8 Å². The Morgan fingerprint density at radius 3 is 2.38 bits per heavy atom. The molecule has 230 valence electrons. The summed E-state index contributed by atoms with van der Waals surface area (Å²) < 4.78 is 17.7. The molecule has 2 heterocycles. The predicted octanol–water partition coefficient (Wildman–Crippen LogP) is 5.56. The molecule has 0 radical (unpaired) electrons. The number of ether oxygens (including phenoxy) is 3. The zero-order valence-electron chi connectivity index (χ0n) is 26.1. The third-order valence-corrected chi connectivity index (χ3v) is 12.0. The van der Waals surface area contributed by atoms with Crippen LogP contribution in [-0.4, -0.2) is 79.4 Å². The number of nitrogens with zero attached hydrogens (tertiary/aromatic N) is 1. The van der Waals surface area contributed by atoms with Crippen LogP contribution < -0.4 is 5.32 Å². The maximum Gasteiger partial charge on any atom is 0.329 e. The van der Waals surface area contributed by atoms with Crippen molar-refractivity contribution in [3.05, 3.63) is 0 Å². The summed E-state index contributed by atoms with van der Waals surface area (Å²) in [4.78, 5) is 13.9. The van der Waals surface area contributed by atoms with Gasteiger partial charge in [-0.25, -0.2) is 4.79 Å². The molecule has 3 aliphatic carbocycles. The SMILES string of the molecule is COC1CCC(CN2C(C)C(C)C3CC(C4OC4NCC4CCC(C(C)(C)C)CC4)CCC32)CC1OCC(=O)O. The Morgan fingerprint density at radius 2 is 1.70 bits per heavy atom. The van der Waals surface area contributed by atoms with Crippen molar-refractivity contribution < 1.29 is 24.1 Å². The summed E-state index contributed by atoms with van der Waals surface area (Å²) in [5, 5.41) is 12.9. The number of aliphatic carboxylic acids is 1. The largest absolute Gasteiger partial charge is 0.480 e. The number of epoxide rings is 1. The number of carbonyl (C=O) groups is 1. The topological polar surface area (TPSA) is 83.6 Å². The van der Waals surface area contributed by atoms with E-state index in [-0.39, 0.29) is 25.0 Å². The van der Waals surface area contributed by atoms with Gasteiger partial charge in [0.05, 0.1) is 12.2 Å². The molecule has 3 saturated carbocycles. The maximum absolute atomic E-state index is 11.1. The molecule has 40 heavy (non-hydrogen) atoms. The molecule has 10 atom stereocenters. The Balaban J connectivity index is 1.07. The van der Waals surface area contributed by atoms with Gasteiger partial charge in [0.1, 0.15) is 18.9 Å². The van der Waals surface area contributed by atoms with Crippen LogP contribution in [0.3, 0.4) is 0 Å². The second kappa shape index (κ2) is 12.9. The Morgan fingerprint density at radius 1 is 0.975 bits per heavy atom. The number of likely N-dealkylation sites (tertiary alicyclic amines) is 1. The molecule has 5 fully saturated rings. The van der Waals surface area contributed by atoms with Gasteiger partial charge in [-0.3, -0.25) is 10.2 Å². The lowest BCUT2D eigenvalue weighted by Gasteiger charge is -2.41.